The van der Waals surface area contributed by atoms with Gasteiger partial charge in [-0.15, -0.1) is 11.6 Å². The summed E-state index contributed by atoms with van der Waals surface area (Å²) in [6.07, 6.45) is 1.36. The zero-order chi connectivity index (χ0) is 14.8. The molecule has 0 saturated carbocycles. The minimum atomic E-state index is -0.452. The van der Waals surface area contributed by atoms with Gasteiger partial charge in [-0.05, 0) is 31.2 Å². The molecule has 0 unspecified atom stereocenters. The normalized spacial score (nSPS) is 10.6. The van der Waals surface area contributed by atoms with Gasteiger partial charge in [-0.1, -0.05) is 0 Å². The Hall–Kier alpha value is -2.19. The lowest BCUT2D eigenvalue weighted by molar-refractivity contribution is -0.117. The fourth-order valence-corrected chi connectivity index (χ4v) is 1.47. The van der Waals surface area contributed by atoms with Crippen molar-refractivity contribution in [2.24, 2.45) is 0 Å². The van der Waals surface area contributed by atoms with Crippen LogP contribution in [0.1, 0.15) is 6.92 Å². The van der Waals surface area contributed by atoms with E-state index in [1.807, 2.05) is 13.0 Å². The number of carbonyl (C=O) groups excluding carboxylic acids is 1. The molecule has 0 bridgehead atoms. The van der Waals surface area contributed by atoms with E-state index in [2.05, 4.69) is 10.6 Å². The van der Waals surface area contributed by atoms with Crippen LogP contribution in [0, 0.1) is 11.3 Å². The predicted octanol–water partition coefficient (Wildman–Crippen LogP) is 2.26. The maximum atomic E-state index is 11.6. The van der Waals surface area contributed by atoms with Crippen molar-refractivity contribution in [3.8, 4) is 11.8 Å². The van der Waals surface area contributed by atoms with Crippen LogP contribution in [0.5, 0.6) is 5.75 Å². The van der Waals surface area contributed by atoms with Crippen molar-refractivity contribution in [1.82, 2.24) is 5.32 Å². The number of ether oxygens (including phenoxy) is 1. The SMILES string of the molecule is CCOc1ccc(N/C=C(/C#N)C(=O)NCCCl)cc1. The standard InChI is InChI=1S/C14H16ClN3O2/c1-2-20-13-5-3-12(4-6-13)18-10-11(9-16)14(19)17-8-7-15/h3-6,10,18H,2,7-8H2,1H3,(H,17,19)/b11-10-. The van der Waals surface area contributed by atoms with Gasteiger partial charge in [0.05, 0.1) is 6.61 Å². The Morgan fingerprint density at radius 3 is 2.70 bits per heavy atom. The van der Waals surface area contributed by atoms with E-state index in [0.717, 1.165) is 11.4 Å². The van der Waals surface area contributed by atoms with Gasteiger partial charge in [-0.2, -0.15) is 5.26 Å². The lowest BCUT2D eigenvalue weighted by Gasteiger charge is -2.05. The molecule has 0 radical (unpaired) electrons. The van der Waals surface area contributed by atoms with Gasteiger partial charge in [0, 0.05) is 24.3 Å². The Labute approximate surface area is 123 Å². The number of hydrogen-bond donors (Lipinski definition) is 2. The molecule has 20 heavy (non-hydrogen) atoms. The molecule has 0 saturated heterocycles. The number of carbonyl (C=O) groups is 1. The van der Waals surface area contributed by atoms with Crippen molar-refractivity contribution in [1.29, 1.82) is 5.26 Å². The smallest absolute Gasteiger partial charge is 0.263 e. The summed E-state index contributed by atoms with van der Waals surface area (Å²) >= 11 is 5.46. The highest BCUT2D eigenvalue weighted by molar-refractivity contribution is 6.18. The van der Waals surface area contributed by atoms with Crippen molar-refractivity contribution in [2.75, 3.05) is 24.3 Å². The van der Waals surface area contributed by atoms with Crippen LogP contribution in [0.2, 0.25) is 0 Å². The topological polar surface area (TPSA) is 74.1 Å². The Balaban J connectivity index is 2.64. The zero-order valence-corrected chi connectivity index (χ0v) is 11.9. The molecule has 0 heterocycles. The highest BCUT2D eigenvalue weighted by Crippen LogP contribution is 2.15. The van der Waals surface area contributed by atoms with Crippen LogP contribution in [0.4, 0.5) is 5.69 Å². The maximum absolute atomic E-state index is 11.6. The second-order valence-corrected chi connectivity index (χ2v) is 4.09. The third-order valence-corrected chi connectivity index (χ3v) is 2.48. The maximum Gasteiger partial charge on any atom is 0.263 e. The van der Waals surface area contributed by atoms with Gasteiger partial charge in [0.25, 0.3) is 5.91 Å². The monoisotopic (exact) mass is 293 g/mol. The van der Waals surface area contributed by atoms with Gasteiger partial charge < -0.3 is 15.4 Å². The summed E-state index contributed by atoms with van der Waals surface area (Å²) in [6.45, 7) is 2.84. The highest BCUT2D eigenvalue weighted by atomic mass is 35.5. The number of rotatable bonds is 7. The quantitative estimate of drug-likeness (QED) is 0.459. The second kappa shape index (κ2) is 8.83. The number of nitriles is 1. The Morgan fingerprint density at radius 2 is 2.15 bits per heavy atom. The summed E-state index contributed by atoms with van der Waals surface area (Å²) in [4.78, 5) is 11.6. The van der Waals surface area contributed by atoms with Crippen LogP contribution in [0.3, 0.4) is 0 Å². The first kappa shape index (κ1) is 15.9. The van der Waals surface area contributed by atoms with Crippen molar-refractivity contribution < 1.29 is 9.53 Å². The van der Waals surface area contributed by atoms with Crippen molar-refractivity contribution in [2.45, 2.75) is 6.92 Å². The average Bonchev–Trinajstić information content (AvgIpc) is 2.47. The van der Waals surface area contributed by atoms with Gasteiger partial charge in [0.1, 0.15) is 17.4 Å². The second-order valence-electron chi connectivity index (χ2n) is 3.72. The summed E-state index contributed by atoms with van der Waals surface area (Å²) in [6, 6.07) is 9.04. The van der Waals surface area contributed by atoms with E-state index in [4.69, 9.17) is 21.6 Å². The van der Waals surface area contributed by atoms with Crippen LogP contribution in [-0.4, -0.2) is 24.9 Å². The summed E-state index contributed by atoms with van der Waals surface area (Å²) < 4.78 is 5.32. The molecule has 5 nitrogen and oxygen atoms in total. The van der Waals surface area contributed by atoms with E-state index >= 15 is 0 Å². The van der Waals surface area contributed by atoms with Gasteiger partial charge in [0.2, 0.25) is 0 Å². The summed E-state index contributed by atoms with van der Waals surface area (Å²) in [7, 11) is 0. The first-order valence-corrected chi connectivity index (χ1v) is 6.68. The minimum Gasteiger partial charge on any atom is -0.494 e. The Kier molecular flexibility index (Phi) is 7.01. The molecular weight excluding hydrogens is 278 g/mol. The number of nitrogens with one attached hydrogen (secondary N) is 2. The number of anilines is 1. The molecule has 0 aliphatic carbocycles. The molecular formula is C14H16ClN3O2. The van der Waals surface area contributed by atoms with Crippen LogP contribution in [-0.2, 0) is 4.79 Å². The summed E-state index contributed by atoms with van der Waals surface area (Å²) in [5, 5.41) is 14.3. The molecule has 1 amide bonds. The van der Waals surface area contributed by atoms with Crippen LogP contribution < -0.4 is 15.4 Å². The van der Waals surface area contributed by atoms with E-state index in [0.29, 0.717) is 19.0 Å². The molecule has 0 aromatic heterocycles. The fourth-order valence-electron chi connectivity index (χ4n) is 1.37. The first-order valence-electron chi connectivity index (χ1n) is 6.15. The van der Waals surface area contributed by atoms with Crippen LogP contribution in [0.15, 0.2) is 36.0 Å². The molecule has 0 fully saturated rings. The zero-order valence-electron chi connectivity index (χ0n) is 11.1. The number of halogens is 1. The molecule has 106 valence electrons. The lowest BCUT2D eigenvalue weighted by atomic mass is 10.2. The molecule has 1 rings (SSSR count). The lowest BCUT2D eigenvalue weighted by Crippen LogP contribution is -2.26. The molecule has 6 heteroatoms. The average molecular weight is 294 g/mol. The van der Waals surface area contributed by atoms with Crippen molar-refractivity contribution >= 4 is 23.2 Å². The predicted molar refractivity (Wildman–Crippen MR) is 78.7 cm³/mol. The van der Waals surface area contributed by atoms with E-state index in [-0.39, 0.29) is 5.57 Å². The largest absolute Gasteiger partial charge is 0.494 e. The molecule has 0 atom stereocenters. The summed E-state index contributed by atoms with van der Waals surface area (Å²) in [5.41, 5.74) is 0.746. The first-order chi connectivity index (χ1) is 9.71. The molecule has 0 aliphatic heterocycles. The molecule has 0 aliphatic rings. The van der Waals surface area contributed by atoms with Crippen LogP contribution in [0.25, 0.3) is 0 Å². The number of amides is 1. The van der Waals surface area contributed by atoms with Crippen LogP contribution >= 0.6 is 11.6 Å². The molecule has 2 N–H and O–H groups in total. The highest BCUT2D eigenvalue weighted by Gasteiger charge is 2.07. The fraction of sp³-hybridized carbons (Fsp3) is 0.286. The van der Waals surface area contributed by atoms with Gasteiger partial charge in [-0.25, -0.2) is 0 Å². The van der Waals surface area contributed by atoms with Crippen molar-refractivity contribution in [3.05, 3.63) is 36.0 Å². The third kappa shape index (κ3) is 5.21. The van der Waals surface area contributed by atoms with E-state index in [1.165, 1.54) is 6.20 Å². The van der Waals surface area contributed by atoms with Gasteiger partial charge in [0.15, 0.2) is 0 Å². The Morgan fingerprint density at radius 1 is 1.45 bits per heavy atom. The molecule has 0 spiro atoms. The Bertz CT molecular complexity index is 506. The summed E-state index contributed by atoms with van der Waals surface area (Å²) in [5.74, 6) is 0.616. The van der Waals surface area contributed by atoms with E-state index in [1.54, 1.807) is 24.3 Å². The van der Waals surface area contributed by atoms with Gasteiger partial charge >= 0.3 is 0 Å². The van der Waals surface area contributed by atoms with E-state index < -0.39 is 5.91 Å². The number of nitrogens with zero attached hydrogens (tertiary/aromatic N) is 1. The molecule has 1 aromatic rings. The number of alkyl halides is 1. The van der Waals surface area contributed by atoms with Crippen molar-refractivity contribution in [3.63, 3.8) is 0 Å². The number of hydrogen-bond acceptors (Lipinski definition) is 4. The number of benzene rings is 1. The van der Waals surface area contributed by atoms with Gasteiger partial charge in [-0.3, -0.25) is 4.79 Å². The molecule has 1 aromatic carbocycles. The van der Waals surface area contributed by atoms with E-state index in [9.17, 15) is 4.79 Å². The minimum absolute atomic E-state index is 0.0102. The third-order valence-electron chi connectivity index (χ3n) is 2.29.